The molecule has 0 radical (unpaired) electrons. The fraction of sp³-hybridized carbons (Fsp3) is 0.375. The summed E-state index contributed by atoms with van der Waals surface area (Å²) >= 11 is 0. The number of aromatic amines is 1. The zero-order chi connectivity index (χ0) is 14.2. The summed E-state index contributed by atoms with van der Waals surface area (Å²) in [5.74, 6) is 1.01. The number of imidazole rings is 1. The van der Waals surface area contributed by atoms with Crippen molar-refractivity contribution in [1.29, 1.82) is 5.26 Å². The zero-order valence-corrected chi connectivity index (χ0v) is 11.6. The monoisotopic (exact) mass is 268 g/mol. The van der Waals surface area contributed by atoms with Crippen LogP contribution in [0.5, 0.6) is 0 Å². The highest BCUT2D eigenvalue weighted by molar-refractivity contribution is 5.60. The molecule has 4 nitrogen and oxygen atoms in total. The van der Waals surface area contributed by atoms with Crippen LogP contribution in [0.15, 0.2) is 30.5 Å². The Bertz CT molecular complexity index is 580. The molecule has 104 valence electrons. The summed E-state index contributed by atoms with van der Waals surface area (Å²) < 4.78 is 0. The predicted octanol–water partition coefficient (Wildman–Crippen LogP) is 3.01. The third kappa shape index (κ3) is 3.94. The van der Waals surface area contributed by atoms with E-state index in [0.717, 1.165) is 42.9 Å². The smallest absolute Gasteiger partial charge is 0.106 e. The minimum absolute atomic E-state index is 0.667. The number of benzene rings is 1. The second-order valence-corrected chi connectivity index (χ2v) is 4.89. The van der Waals surface area contributed by atoms with Gasteiger partial charge in [-0.05, 0) is 31.5 Å². The SMILES string of the molecule is N#Cc1cccc(-c2cnc(CCCCCCN)[nH]2)c1. The van der Waals surface area contributed by atoms with Gasteiger partial charge in [0, 0.05) is 12.0 Å². The van der Waals surface area contributed by atoms with Gasteiger partial charge in [0.2, 0.25) is 0 Å². The standard InChI is InChI=1S/C16H20N4/c17-9-4-2-1-3-8-16-19-12-15(20-16)14-7-5-6-13(10-14)11-18/h5-7,10,12H,1-4,8-9,17H2,(H,19,20). The van der Waals surface area contributed by atoms with Gasteiger partial charge in [-0.2, -0.15) is 5.26 Å². The van der Waals surface area contributed by atoms with E-state index in [-0.39, 0.29) is 0 Å². The van der Waals surface area contributed by atoms with Gasteiger partial charge in [-0.25, -0.2) is 4.98 Å². The Balaban J connectivity index is 1.93. The van der Waals surface area contributed by atoms with Crippen LogP contribution in [0.4, 0.5) is 0 Å². The number of rotatable bonds is 7. The predicted molar refractivity (Wildman–Crippen MR) is 80.0 cm³/mol. The van der Waals surface area contributed by atoms with Crippen molar-refractivity contribution in [3.63, 3.8) is 0 Å². The molecule has 20 heavy (non-hydrogen) atoms. The van der Waals surface area contributed by atoms with Crippen molar-refractivity contribution in [2.75, 3.05) is 6.54 Å². The van der Waals surface area contributed by atoms with Crippen LogP contribution in [0.25, 0.3) is 11.3 Å². The van der Waals surface area contributed by atoms with Gasteiger partial charge in [0.15, 0.2) is 0 Å². The quantitative estimate of drug-likeness (QED) is 0.758. The molecule has 0 aliphatic rings. The van der Waals surface area contributed by atoms with E-state index in [1.165, 1.54) is 12.8 Å². The van der Waals surface area contributed by atoms with Gasteiger partial charge in [-0.3, -0.25) is 0 Å². The number of nitriles is 1. The molecule has 0 saturated heterocycles. The van der Waals surface area contributed by atoms with E-state index in [4.69, 9.17) is 11.0 Å². The molecule has 0 fully saturated rings. The molecule has 1 aromatic heterocycles. The Morgan fingerprint density at radius 2 is 2.05 bits per heavy atom. The van der Waals surface area contributed by atoms with Crippen molar-refractivity contribution in [2.45, 2.75) is 32.1 Å². The molecule has 0 aliphatic carbocycles. The summed E-state index contributed by atoms with van der Waals surface area (Å²) in [7, 11) is 0. The summed E-state index contributed by atoms with van der Waals surface area (Å²) in [5.41, 5.74) is 8.12. The molecule has 0 saturated carbocycles. The number of aryl methyl sites for hydroxylation is 1. The highest BCUT2D eigenvalue weighted by Gasteiger charge is 2.04. The minimum Gasteiger partial charge on any atom is -0.342 e. The maximum Gasteiger partial charge on any atom is 0.106 e. The third-order valence-electron chi connectivity index (χ3n) is 3.30. The third-order valence-corrected chi connectivity index (χ3v) is 3.30. The lowest BCUT2D eigenvalue weighted by Gasteiger charge is -1.99. The lowest BCUT2D eigenvalue weighted by Crippen LogP contribution is -1.98. The normalized spacial score (nSPS) is 10.4. The zero-order valence-electron chi connectivity index (χ0n) is 11.6. The Morgan fingerprint density at radius 1 is 1.20 bits per heavy atom. The Hall–Kier alpha value is -2.12. The highest BCUT2D eigenvalue weighted by atomic mass is 14.9. The summed E-state index contributed by atoms with van der Waals surface area (Å²) in [4.78, 5) is 7.73. The second-order valence-electron chi connectivity index (χ2n) is 4.89. The molecule has 0 spiro atoms. The van der Waals surface area contributed by atoms with Crippen LogP contribution in [0, 0.1) is 11.3 Å². The lowest BCUT2D eigenvalue weighted by atomic mass is 10.1. The summed E-state index contributed by atoms with van der Waals surface area (Å²) in [6, 6.07) is 9.71. The van der Waals surface area contributed by atoms with Crippen molar-refractivity contribution in [3.8, 4) is 17.3 Å². The van der Waals surface area contributed by atoms with Crippen LogP contribution in [0.1, 0.15) is 37.1 Å². The first-order valence-corrected chi connectivity index (χ1v) is 7.08. The number of H-pyrrole nitrogens is 1. The lowest BCUT2D eigenvalue weighted by molar-refractivity contribution is 0.638. The van der Waals surface area contributed by atoms with E-state index >= 15 is 0 Å². The molecule has 1 aromatic carbocycles. The Kier molecular flexibility index (Phi) is 5.33. The minimum atomic E-state index is 0.667. The first kappa shape index (κ1) is 14.3. The number of hydrogen-bond donors (Lipinski definition) is 2. The maximum atomic E-state index is 8.92. The van der Waals surface area contributed by atoms with Crippen LogP contribution < -0.4 is 5.73 Å². The van der Waals surface area contributed by atoms with Crippen LogP contribution in [0.2, 0.25) is 0 Å². The van der Waals surface area contributed by atoms with Crippen LogP contribution >= 0.6 is 0 Å². The first-order valence-electron chi connectivity index (χ1n) is 7.08. The molecule has 0 aliphatic heterocycles. The Morgan fingerprint density at radius 3 is 2.85 bits per heavy atom. The molecule has 0 bridgehead atoms. The van der Waals surface area contributed by atoms with Crippen molar-refractivity contribution in [1.82, 2.24) is 9.97 Å². The Labute approximate surface area is 119 Å². The van der Waals surface area contributed by atoms with Crippen molar-refractivity contribution < 1.29 is 0 Å². The molecule has 0 amide bonds. The van der Waals surface area contributed by atoms with Crippen LogP contribution in [-0.2, 0) is 6.42 Å². The van der Waals surface area contributed by atoms with Gasteiger partial charge in [0.25, 0.3) is 0 Å². The number of unbranched alkanes of at least 4 members (excludes halogenated alkanes) is 3. The van der Waals surface area contributed by atoms with Crippen LogP contribution in [-0.4, -0.2) is 16.5 Å². The fourth-order valence-electron chi connectivity index (χ4n) is 2.18. The van der Waals surface area contributed by atoms with E-state index in [0.29, 0.717) is 5.56 Å². The molecule has 4 heteroatoms. The molecule has 1 heterocycles. The molecule has 3 N–H and O–H groups in total. The van der Waals surface area contributed by atoms with Crippen molar-refractivity contribution in [2.24, 2.45) is 5.73 Å². The van der Waals surface area contributed by atoms with Crippen LogP contribution in [0.3, 0.4) is 0 Å². The van der Waals surface area contributed by atoms with E-state index in [1.54, 1.807) is 6.07 Å². The fourth-order valence-corrected chi connectivity index (χ4v) is 2.18. The summed E-state index contributed by atoms with van der Waals surface area (Å²) in [5, 5.41) is 8.92. The van der Waals surface area contributed by atoms with Gasteiger partial charge >= 0.3 is 0 Å². The second kappa shape index (κ2) is 7.46. The largest absolute Gasteiger partial charge is 0.342 e. The molecule has 2 aromatic rings. The molecule has 0 atom stereocenters. The first-order chi connectivity index (χ1) is 9.83. The molecular formula is C16H20N4. The number of nitrogens with one attached hydrogen (secondary N) is 1. The molecular weight excluding hydrogens is 248 g/mol. The highest BCUT2D eigenvalue weighted by Crippen LogP contribution is 2.18. The molecule has 2 rings (SSSR count). The number of nitrogens with two attached hydrogens (primary N) is 1. The van der Waals surface area contributed by atoms with Gasteiger partial charge < -0.3 is 10.7 Å². The average molecular weight is 268 g/mol. The van der Waals surface area contributed by atoms with Crippen molar-refractivity contribution in [3.05, 3.63) is 41.9 Å². The van der Waals surface area contributed by atoms with E-state index in [9.17, 15) is 0 Å². The number of aromatic nitrogens is 2. The van der Waals surface area contributed by atoms with Gasteiger partial charge in [0.05, 0.1) is 23.5 Å². The molecule has 0 unspecified atom stereocenters. The van der Waals surface area contributed by atoms with Gasteiger partial charge in [-0.1, -0.05) is 25.0 Å². The maximum absolute atomic E-state index is 8.92. The number of hydrogen-bond acceptors (Lipinski definition) is 3. The average Bonchev–Trinajstić information content (AvgIpc) is 2.96. The number of nitrogens with zero attached hydrogens (tertiary/aromatic N) is 2. The van der Waals surface area contributed by atoms with Gasteiger partial charge in [0.1, 0.15) is 5.82 Å². The van der Waals surface area contributed by atoms with E-state index in [1.807, 2.05) is 24.4 Å². The van der Waals surface area contributed by atoms with Crippen molar-refractivity contribution >= 4 is 0 Å². The summed E-state index contributed by atoms with van der Waals surface area (Å²) in [6.45, 7) is 0.778. The van der Waals surface area contributed by atoms with Gasteiger partial charge in [-0.15, -0.1) is 0 Å². The topological polar surface area (TPSA) is 78.5 Å². The van der Waals surface area contributed by atoms with E-state index in [2.05, 4.69) is 16.0 Å². The van der Waals surface area contributed by atoms with E-state index < -0.39 is 0 Å². The summed E-state index contributed by atoms with van der Waals surface area (Å²) in [6.07, 6.45) is 7.41.